The maximum Gasteiger partial charge on any atom is 0.0425 e. The first-order valence-corrected chi connectivity index (χ1v) is 14.9. The molecule has 2 nitrogen and oxygen atoms in total. The van der Waals surface area contributed by atoms with Crippen LogP contribution in [-0.2, 0) is 11.5 Å². The van der Waals surface area contributed by atoms with Crippen LogP contribution in [0.15, 0.2) is 131 Å². The van der Waals surface area contributed by atoms with Gasteiger partial charge in [-0.05, 0) is 96.1 Å². The minimum atomic E-state index is 0.759. The van der Waals surface area contributed by atoms with Crippen LogP contribution in [0.1, 0.15) is 11.1 Å². The number of benzene rings is 5. The maximum absolute atomic E-state index is 6.02. The number of hydrogen-bond acceptors (Lipinski definition) is 4. The second-order valence-corrected chi connectivity index (χ2v) is 11.6. The molecule has 6 heteroatoms. The summed E-state index contributed by atoms with van der Waals surface area (Å²) >= 11 is 15.6. The van der Waals surface area contributed by atoms with Crippen molar-refractivity contribution in [3.05, 3.63) is 142 Å². The van der Waals surface area contributed by atoms with Gasteiger partial charge in [0.2, 0.25) is 0 Å². The minimum absolute atomic E-state index is 0.759. The number of nitrogens with one attached hydrogen (secondary N) is 2. The predicted molar refractivity (Wildman–Crippen MR) is 168 cm³/mol. The molecule has 0 unspecified atom stereocenters. The summed E-state index contributed by atoms with van der Waals surface area (Å²) in [6.07, 6.45) is 0. The van der Waals surface area contributed by atoms with Gasteiger partial charge in [0.05, 0.1) is 0 Å². The van der Waals surface area contributed by atoms with Gasteiger partial charge in [-0.2, -0.15) is 0 Å². The number of thioether (sulfide) groups is 2. The van der Waals surface area contributed by atoms with Crippen LogP contribution in [0.25, 0.3) is 0 Å². The fourth-order valence-electron chi connectivity index (χ4n) is 3.87. The lowest BCUT2D eigenvalue weighted by atomic mass is 10.1. The molecule has 2 N–H and O–H groups in total. The molecular formula is C32H26Cl2N2S2. The Morgan fingerprint density at radius 3 is 1.21 bits per heavy atom. The summed E-state index contributed by atoms with van der Waals surface area (Å²) in [5, 5.41) is 8.69. The van der Waals surface area contributed by atoms with Crippen molar-refractivity contribution in [1.29, 1.82) is 0 Å². The molecule has 0 radical (unpaired) electrons. The van der Waals surface area contributed by atoms with Gasteiger partial charge in [-0.25, -0.2) is 0 Å². The van der Waals surface area contributed by atoms with E-state index in [9.17, 15) is 0 Å². The van der Waals surface area contributed by atoms with Gasteiger partial charge in [-0.15, -0.1) is 23.5 Å². The quantitative estimate of drug-likeness (QED) is 0.162. The van der Waals surface area contributed by atoms with E-state index in [0.717, 1.165) is 44.3 Å². The summed E-state index contributed by atoms with van der Waals surface area (Å²) < 4.78 is 0. The largest absolute Gasteiger partial charge is 0.355 e. The van der Waals surface area contributed by atoms with Gasteiger partial charge in [0.25, 0.3) is 0 Å². The molecule has 5 aromatic carbocycles. The molecule has 0 bridgehead atoms. The summed E-state index contributed by atoms with van der Waals surface area (Å²) in [5.41, 5.74) is 6.82. The summed E-state index contributed by atoms with van der Waals surface area (Å²) in [7, 11) is 0. The Kier molecular flexibility index (Phi) is 9.21. The van der Waals surface area contributed by atoms with Crippen molar-refractivity contribution in [2.24, 2.45) is 0 Å². The van der Waals surface area contributed by atoms with Crippen LogP contribution in [0.2, 0.25) is 10.0 Å². The molecule has 0 saturated carbocycles. The van der Waals surface area contributed by atoms with E-state index in [2.05, 4.69) is 108 Å². The monoisotopic (exact) mass is 572 g/mol. The Morgan fingerprint density at radius 1 is 0.447 bits per heavy atom. The molecule has 0 aliphatic carbocycles. The fourth-order valence-corrected chi connectivity index (χ4v) is 5.92. The van der Waals surface area contributed by atoms with Crippen molar-refractivity contribution in [2.75, 3.05) is 10.6 Å². The number of rotatable bonds is 10. The predicted octanol–water partition coefficient (Wildman–Crippen LogP) is 11.1. The summed E-state index contributed by atoms with van der Waals surface area (Å²) in [6.45, 7) is 0. The van der Waals surface area contributed by atoms with E-state index in [1.165, 1.54) is 20.9 Å². The zero-order valence-corrected chi connectivity index (χ0v) is 23.7. The van der Waals surface area contributed by atoms with Gasteiger partial charge in [0, 0.05) is 54.1 Å². The number of halogens is 2. The van der Waals surface area contributed by atoms with Crippen LogP contribution < -0.4 is 10.6 Å². The Morgan fingerprint density at radius 2 is 0.816 bits per heavy atom. The van der Waals surface area contributed by atoms with Crippen LogP contribution in [0.5, 0.6) is 0 Å². The maximum atomic E-state index is 6.02. The first-order valence-electron chi connectivity index (χ1n) is 12.2. The molecule has 0 fully saturated rings. The molecule has 5 aromatic rings. The average Bonchev–Trinajstić information content (AvgIpc) is 2.95. The third-order valence-corrected chi connectivity index (χ3v) is 8.52. The highest BCUT2D eigenvalue weighted by Gasteiger charge is 2.06. The number of anilines is 4. The van der Waals surface area contributed by atoms with Crippen LogP contribution in [-0.4, -0.2) is 0 Å². The van der Waals surface area contributed by atoms with Gasteiger partial charge < -0.3 is 10.6 Å². The third-order valence-electron chi connectivity index (χ3n) is 5.89. The smallest absolute Gasteiger partial charge is 0.0425 e. The molecule has 0 heterocycles. The van der Waals surface area contributed by atoms with Gasteiger partial charge in [0.1, 0.15) is 0 Å². The number of para-hydroxylation sites is 2. The normalized spacial score (nSPS) is 10.8. The van der Waals surface area contributed by atoms with Crippen molar-refractivity contribution in [2.45, 2.75) is 21.3 Å². The van der Waals surface area contributed by atoms with Crippen molar-refractivity contribution in [1.82, 2.24) is 0 Å². The molecule has 0 aliphatic rings. The molecule has 0 atom stereocenters. The van der Waals surface area contributed by atoms with E-state index in [1.54, 1.807) is 23.5 Å². The molecule has 0 amide bonds. The van der Waals surface area contributed by atoms with Crippen LogP contribution in [0.4, 0.5) is 22.7 Å². The summed E-state index contributed by atoms with van der Waals surface area (Å²) in [4.78, 5) is 2.40. The minimum Gasteiger partial charge on any atom is -0.355 e. The van der Waals surface area contributed by atoms with Crippen LogP contribution in [0.3, 0.4) is 0 Å². The Labute approximate surface area is 242 Å². The average molecular weight is 574 g/mol. The molecule has 0 aliphatic heterocycles. The van der Waals surface area contributed by atoms with Gasteiger partial charge in [-0.1, -0.05) is 59.6 Å². The van der Waals surface area contributed by atoms with E-state index < -0.39 is 0 Å². The zero-order chi connectivity index (χ0) is 26.2. The first-order chi connectivity index (χ1) is 18.6. The molecule has 190 valence electrons. The van der Waals surface area contributed by atoms with E-state index in [0.29, 0.717) is 0 Å². The van der Waals surface area contributed by atoms with Crippen LogP contribution in [0, 0.1) is 0 Å². The Balaban J connectivity index is 1.22. The fraction of sp³-hybridized carbons (Fsp3) is 0.0625. The van der Waals surface area contributed by atoms with Gasteiger partial charge in [0.15, 0.2) is 0 Å². The van der Waals surface area contributed by atoms with Gasteiger partial charge >= 0.3 is 0 Å². The first kappa shape index (κ1) is 26.6. The lowest BCUT2D eigenvalue weighted by Gasteiger charge is -2.14. The zero-order valence-electron chi connectivity index (χ0n) is 20.5. The second-order valence-electron chi connectivity index (χ2n) is 8.63. The molecule has 0 saturated heterocycles. The highest BCUT2D eigenvalue weighted by atomic mass is 35.5. The van der Waals surface area contributed by atoms with Crippen molar-refractivity contribution >= 4 is 69.5 Å². The molecule has 0 spiro atoms. The van der Waals surface area contributed by atoms with E-state index in [-0.39, 0.29) is 0 Å². The SMILES string of the molecule is Clc1ccc(SCc2ccccc2Nc2ccc(Nc3ccccc3CSc3ccc(Cl)cc3)cc2)cc1. The van der Waals surface area contributed by atoms with Crippen LogP contribution >= 0.6 is 46.7 Å². The molecule has 0 aromatic heterocycles. The summed E-state index contributed by atoms with van der Waals surface area (Å²) in [6, 6.07) is 41.3. The Hall–Kier alpha value is -3.02. The standard InChI is InChI=1S/C32H26Cl2N2S2/c33-25-9-17-29(18-10-25)37-21-23-5-1-3-7-31(23)35-27-13-15-28(16-14-27)36-32-8-4-2-6-24(32)22-38-30-19-11-26(34)12-20-30/h1-20,35-36H,21-22H2. The second kappa shape index (κ2) is 13.2. The molecular weight excluding hydrogens is 547 g/mol. The lowest BCUT2D eigenvalue weighted by molar-refractivity contribution is 1.36. The highest BCUT2D eigenvalue weighted by Crippen LogP contribution is 2.31. The number of hydrogen-bond donors (Lipinski definition) is 2. The Bertz CT molecular complexity index is 1360. The summed E-state index contributed by atoms with van der Waals surface area (Å²) in [5.74, 6) is 1.74. The highest BCUT2D eigenvalue weighted by molar-refractivity contribution is 7.98. The topological polar surface area (TPSA) is 24.1 Å². The molecule has 38 heavy (non-hydrogen) atoms. The van der Waals surface area contributed by atoms with Crippen molar-refractivity contribution in [3.8, 4) is 0 Å². The third kappa shape index (κ3) is 7.52. The van der Waals surface area contributed by atoms with E-state index in [1.807, 2.05) is 24.3 Å². The van der Waals surface area contributed by atoms with Gasteiger partial charge in [-0.3, -0.25) is 0 Å². The van der Waals surface area contributed by atoms with Crippen molar-refractivity contribution in [3.63, 3.8) is 0 Å². The van der Waals surface area contributed by atoms with Crippen molar-refractivity contribution < 1.29 is 0 Å². The molecule has 5 rings (SSSR count). The lowest BCUT2D eigenvalue weighted by Crippen LogP contribution is -1.97. The van der Waals surface area contributed by atoms with E-state index in [4.69, 9.17) is 23.2 Å². The van der Waals surface area contributed by atoms with E-state index >= 15 is 0 Å².